The van der Waals surface area contributed by atoms with E-state index in [4.69, 9.17) is 4.74 Å². The van der Waals surface area contributed by atoms with Crippen molar-refractivity contribution in [1.29, 1.82) is 0 Å². The van der Waals surface area contributed by atoms with Gasteiger partial charge in [0.05, 0.1) is 17.7 Å². The van der Waals surface area contributed by atoms with E-state index in [9.17, 15) is 4.79 Å². The summed E-state index contributed by atoms with van der Waals surface area (Å²) in [5, 5.41) is 7.60. The van der Waals surface area contributed by atoms with Crippen molar-refractivity contribution < 1.29 is 9.53 Å². The molecule has 31 heavy (non-hydrogen) atoms. The van der Waals surface area contributed by atoms with Gasteiger partial charge < -0.3 is 15.0 Å². The minimum atomic E-state index is -0.389. The fraction of sp³-hybridized carbons (Fsp3) is 0.600. The highest BCUT2D eigenvalue weighted by Crippen LogP contribution is 2.36. The zero-order valence-electron chi connectivity index (χ0n) is 19.0. The van der Waals surface area contributed by atoms with Crippen LogP contribution < -0.4 is 5.32 Å². The Balaban J connectivity index is 1.43. The molecule has 0 bridgehead atoms. The van der Waals surface area contributed by atoms with E-state index in [-0.39, 0.29) is 11.3 Å². The van der Waals surface area contributed by atoms with Crippen LogP contribution in [0, 0.1) is 12.3 Å². The predicted molar refractivity (Wildman–Crippen MR) is 122 cm³/mol. The summed E-state index contributed by atoms with van der Waals surface area (Å²) in [5.74, 6) is 0.748. The Morgan fingerprint density at radius 2 is 2.13 bits per heavy atom. The van der Waals surface area contributed by atoms with Crippen LogP contribution in [0.2, 0.25) is 0 Å². The summed E-state index contributed by atoms with van der Waals surface area (Å²) in [6.45, 7) is 6.88. The normalized spacial score (nSPS) is 21.7. The molecule has 3 heterocycles. The molecule has 1 amide bonds. The van der Waals surface area contributed by atoms with Crippen molar-refractivity contribution in [2.45, 2.75) is 51.5 Å². The molecule has 4 rings (SSSR count). The van der Waals surface area contributed by atoms with Crippen LogP contribution in [0.4, 0.5) is 0 Å². The van der Waals surface area contributed by atoms with Crippen molar-refractivity contribution in [3.63, 3.8) is 0 Å². The number of carbonyl (C=O) groups excluding carboxylic acids is 1. The van der Waals surface area contributed by atoms with Gasteiger partial charge in [-0.2, -0.15) is 5.10 Å². The number of hydrogen-bond acceptors (Lipinski definition) is 4. The van der Waals surface area contributed by atoms with E-state index in [1.807, 2.05) is 23.9 Å². The maximum Gasteiger partial charge on any atom is 0.226 e. The highest BCUT2D eigenvalue weighted by Gasteiger charge is 2.40. The number of carbonyl (C=O) groups is 1. The maximum atomic E-state index is 13.3. The zero-order chi connectivity index (χ0) is 21.7. The van der Waals surface area contributed by atoms with Crippen LogP contribution in [0.5, 0.6) is 0 Å². The second kappa shape index (κ2) is 9.96. The second-order valence-electron chi connectivity index (χ2n) is 9.39. The quantitative estimate of drug-likeness (QED) is 0.742. The second-order valence-corrected chi connectivity index (χ2v) is 9.39. The van der Waals surface area contributed by atoms with Crippen LogP contribution in [-0.2, 0) is 22.5 Å². The number of nitrogens with one attached hydrogen (secondary N) is 1. The van der Waals surface area contributed by atoms with Crippen molar-refractivity contribution in [3.8, 4) is 0 Å². The molecule has 0 spiro atoms. The number of hydrogen-bond donors (Lipinski definition) is 1. The number of likely N-dealkylation sites (N-methyl/N-ethyl adjacent to an activating group) is 1. The lowest BCUT2D eigenvalue weighted by Crippen LogP contribution is -2.46. The molecule has 6 nitrogen and oxygen atoms in total. The zero-order valence-corrected chi connectivity index (χ0v) is 19.0. The summed E-state index contributed by atoms with van der Waals surface area (Å²) in [7, 11) is 2.21. The summed E-state index contributed by atoms with van der Waals surface area (Å²) in [4.78, 5) is 15.8. The Labute approximate surface area is 186 Å². The van der Waals surface area contributed by atoms with Crippen LogP contribution in [0.25, 0.3) is 0 Å². The Morgan fingerprint density at radius 3 is 2.87 bits per heavy atom. The number of ether oxygens (including phenoxy) is 1. The number of likely N-dealkylation sites (tertiary alicyclic amines) is 1. The van der Waals surface area contributed by atoms with Crippen LogP contribution in [0.3, 0.4) is 0 Å². The number of piperidine rings is 1. The lowest BCUT2D eigenvalue weighted by molar-refractivity contribution is -0.136. The van der Waals surface area contributed by atoms with Gasteiger partial charge in [-0.3, -0.25) is 9.48 Å². The molecule has 1 aromatic carbocycles. The Kier molecular flexibility index (Phi) is 7.08. The summed E-state index contributed by atoms with van der Waals surface area (Å²) in [5.41, 5.74) is 3.29. The van der Waals surface area contributed by atoms with E-state index in [1.165, 1.54) is 30.5 Å². The van der Waals surface area contributed by atoms with E-state index >= 15 is 0 Å². The van der Waals surface area contributed by atoms with Crippen molar-refractivity contribution in [2.75, 3.05) is 39.9 Å². The van der Waals surface area contributed by atoms with Gasteiger partial charge >= 0.3 is 0 Å². The standard InChI is InChI=1S/C25H36N4O2/c1-20-8-13-29(27-20)14-11-26-24(30)25(9-15-31-16-10-25)18-21-5-3-6-22(17-21)23-7-4-12-28(2)19-23/h3,5-6,8,13,17,23H,4,7,9-12,14-16,18-19H2,1-2H3,(H,26,30)/t23-/m0/s1. The molecular weight excluding hydrogens is 388 g/mol. The molecule has 0 unspecified atom stereocenters. The summed E-state index contributed by atoms with van der Waals surface area (Å²) in [6.07, 6.45) is 6.79. The predicted octanol–water partition coefficient (Wildman–Crippen LogP) is 3.16. The first-order valence-corrected chi connectivity index (χ1v) is 11.7. The number of aryl methyl sites for hydroxylation is 1. The summed E-state index contributed by atoms with van der Waals surface area (Å²) < 4.78 is 7.51. The molecular formula is C25H36N4O2. The van der Waals surface area contributed by atoms with Crippen molar-refractivity contribution in [3.05, 3.63) is 53.3 Å². The topological polar surface area (TPSA) is 59.4 Å². The van der Waals surface area contributed by atoms with Crippen molar-refractivity contribution in [2.24, 2.45) is 5.41 Å². The first-order valence-electron chi connectivity index (χ1n) is 11.7. The third-order valence-corrected chi connectivity index (χ3v) is 6.92. The lowest BCUT2D eigenvalue weighted by Gasteiger charge is -2.36. The van der Waals surface area contributed by atoms with E-state index in [0.717, 1.165) is 31.5 Å². The van der Waals surface area contributed by atoms with Gasteiger partial charge in [-0.05, 0) is 75.7 Å². The minimum Gasteiger partial charge on any atom is -0.381 e. The molecule has 0 radical (unpaired) electrons. The first kappa shape index (κ1) is 22.0. The van der Waals surface area contributed by atoms with E-state index in [1.54, 1.807) is 0 Å². The summed E-state index contributed by atoms with van der Waals surface area (Å²) in [6, 6.07) is 11.0. The van der Waals surface area contributed by atoms with Crippen LogP contribution in [0.15, 0.2) is 36.5 Å². The molecule has 2 fully saturated rings. The molecule has 2 aliphatic heterocycles. The van der Waals surface area contributed by atoms with Gasteiger partial charge in [-0.1, -0.05) is 24.3 Å². The third-order valence-electron chi connectivity index (χ3n) is 6.92. The number of rotatable bonds is 7. The molecule has 1 aromatic heterocycles. The van der Waals surface area contributed by atoms with Gasteiger partial charge in [0.15, 0.2) is 0 Å². The molecule has 0 saturated carbocycles. The highest BCUT2D eigenvalue weighted by atomic mass is 16.5. The fourth-order valence-electron chi connectivity index (χ4n) is 5.09. The van der Waals surface area contributed by atoms with Crippen LogP contribution >= 0.6 is 0 Å². The van der Waals surface area contributed by atoms with E-state index in [2.05, 4.69) is 46.6 Å². The summed E-state index contributed by atoms with van der Waals surface area (Å²) >= 11 is 0. The minimum absolute atomic E-state index is 0.155. The molecule has 2 aromatic rings. The average molecular weight is 425 g/mol. The number of benzene rings is 1. The van der Waals surface area contributed by atoms with Gasteiger partial charge in [-0.25, -0.2) is 0 Å². The molecule has 1 N–H and O–H groups in total. The maximum absolute atomic E-state index is 13.3. The van der Waals surface area contributed by atoms with Crippen molar-refractivity contribution in [1.82, 2.24) is 20.0 Å². The third kappa shape index (κ3) is 5.55. The highest BCUT2D eigenvalue weighted by molar-refractivity contribution is 5.83. The molecule has 168 valence electrons. The molecule has 2 saturated heterocycles. The Bertz CT molecular complexity index is 872. The Morgan fingerprint density at radius 1 is 1.29 bits per heavy atom. The Hall–Kier alpha value is -2.18. The largest absolute Gasteiger partial charge is 0.381 e. The van der Waals surface area contributed by atoms with Gasteiger partial charge in [0.2, 0.25) is 5.91 Å². The average Bonchev–Trinajstić information content (AvgIpc) is 3.19. The van der Waals surface area contributed by atoms with E-state index < -0.39 is 0 Å². The number of nitrogens with zero attached hydrogens (tertiary/aromatic N) is 3. The monoisotopic (exact) mass is 424 g/mol. The van der Waals surface area contributed by atoms with Gasteiger partial charge in [0, 0.05) is 32.5 Å². The van der Waals surface area contributed by atoms with Gasteiger partial charge in [-0.15, -0.1) is 0 Å². The van der Waals surface area contributed by atoms with Gasteiger partial charge in [0.1, 0.15) is 0 Å². The van der Waals surface area contributed by atoms with Gasteiger partial charge in [0.25, 0.3) is 0 Å². The molecule has 6 heteroatoms. The molecule has 2 aliphatic rings. The number of aromatic nitrogens is 2. The first-order chi connectivity index (χ1) is 15.0. The van der Waals surface area contributed by atoms with Crippen LogP contribution in [0.1, 0.15) is 48.4 Å². The van der Waals surface area contributed by atoms with Crippen molar-refractivity contribution >= 4 is 5.91 Å². The molecule has 0 aliphatic carbocycles. The smallest absolute Gasteiger partial charge is 0.226 e. The fourth-order valence-corrected chi connectivity index (χ4v) is 5.09. The van der Waals surface area contributed by atoms with E-state index in [0.29, 0.717) is 32.2 Å². The number of amides is 1. The lowest BCUT2D eigenvalue weighted by atomic mass is 9.74. The van der Waals surface area contributed by atoms with Crippen LogP contribution in [-0.4, -0.2) is 60.5 Å². The SMILES string of the molecule is Cc1ccn(CCNC(=O)C2(Cc3cccc([C@H]4CCCN(C)C4)c3)CCOCC2)n1. The molecule has 1 atom stereocenters.